The molecule has 0 radical (unpaired) electrons. The summed E-state index contributed by atoms with van der Waals surface area (Å²) < 4.78 is 0. The molecule has 2 amide bonds. The molecule has 3 rings (SSSR count). The van der Waals surface area contributed by atoms with Gasteiger partial charge >= 0.3 is 0 Å². The zero-order valence-corrected chi connectivity index (χ0v) is 18.3. The molecule has 0 aliphatic rings. The molecule has 0 spiro atoms. The van der Waals surface area contributed by atoms with E-state index in [4.69, 9.17) is 6.42 Å². The third kappa shape index (κ3) is 5.55. The van der Waals surface area contributed by atoms with E-state index in [1.165, 1.54) is 4.90 Å². The molecule has 1 heterocycles. The quantitative estimate of drug-likeness (QED) is 0.568. The average Bonchev–Trinajstić information content (AvgIpc) is 3.15. The number of nitrogens with one attached hydrogen (secondary N) is 2. The van der Waals surface area contributed by atoms with Crippen LogP contribution >= 0.6 is 0 Å². The van der Waals surface area contributed by atoms with E-state index in [0.717, 1.165) is 22.0 Å². The molecule has 3 aromatic rings. The number of nitrogens with zero attached hydrogens (tertiary/aromatic N) is 1. The summed E-state index contributed by atoms with van der Waals surface area (Å²) in [5.74, 6) is 2.17. The second kappa shape index (κ2) is 9.53. The number of aryl methyl sites for hydroxylation is 1. The molecule has 1 unspecified atom stereocenters. The standard InChI is InChI=1S/C26H29N3O2/c1-5-17-29(23(30)16-15-19-11-7-6-8-12-19)24(25(31)28-26(2,3)4)21-18-27-22-14-10-9-13-20(21)22/h1,6-14,18,24,27H,15-17H2,2-4H3,(H,28,31). The van der Waals surface area contributed by atoms with Gasteiger partial charge in [-0.2, -0.15) is 0 Å². The first-order valence-corrected chi connectivity index (χ1v) is 10.4. The number of H-pyrrole nitrogens is 1. The third-order valence-corrected chi connectivity index (χ3v) is 5.03. The highest BCUT2D eigenvalue weighted by Crippen LogP contribution is 2.30. The lowest BCUT2D eigenvalue weighted by Crippen LogP contribution is -2.49. The van der Waals surface area contributed by atoms with Crippen LogP contribution in [0.2, 0.25) is 0 Å². The summed E-state index contributed by atoms with van der Waals surface area (Å²) in [7, 11) is 0. The van der Waals surface area contributed by atoms with Gasteiger partial charge in [-0.1, -0.05) is 54.5 Å². The molecule has 0 saturated carbocycles. The minimum absolute atomic E-state index is 0.0510. The number of rotatable bonds is 7. The number of amides is 2. The minimum atomic E-state index is -0.824. The van der Waals surface area contributed by atoms with Crippen LogP contribution in [0.25, 0.3) is 10.9 Å². The monoisotopic (exact) mass is 415 g/mol. The SMILES string of the molecule is C#CCN(C(=O)CCc1ccccc1)C(C(=O)NC(C)(C)C)c1c[nH]c2ccccc12. The number of terminal acetylenes is 1. The average molecular weight is 416 g/mol. The van der Waals surface area contributed by atoms with E-state index in [-0.39, 0.29) is 24.8 Å². The van der Waals surface area contributed by atoms with Crippen LogP contribution in [0.4, 0.5) is 0 Å². The molecule has 0 fully saturated rings. The molecule has 5 heteroatoms. The maximum absolute atomic E-state index is 13.4. The normalized spacial score (nSPS) is 12.2. The van der Waals surface area contributed by atoms with Crippen LogP contribution < -0.4 is 5.32 Å². The van der Waals surface area contributed by atoms with Crippen molar-refractivity contribution in [2.75, 3.05) is 6.54 Å². The Morgan fingerprint density at radius 2 is 1.77 bits per heavy atom. The van der Waals surface area contributed by atoms with Gasteiger partial charge < -0.3 is 15.2 Å². The summed E-state index contributed by atoms with van der Waals surface area (Å²) in [4.78, 5) is 31.4. The molecular formula is C26H29N3O2. The highest BCUT2D eigenvalue weighted by Gasteiger charge is 2.34. The predicted octanol–water partition coefficient (Wildman–Crippen LogP) is 4.22. The number of carbonyl (C=O) groups excluding carboxylic acids is 2. The molecule has 0 saturated heterocycles. The first kappa shape index (κ1) is 22.2. The Morgan fingerprint density at radius 1 is 1.10 bits per heavy atom. The first-order chi connectivity index (χ1) is 14.8. The molecule has 0 aliphatic carbocycles. The van der Waals surface area contributed by atoms with Crippen LogP contribution in [0.1, 0.15) is 44.4 Å². The zero-order chi connectivity index (χ0) is 22.4. The van der Waals surface area contributed by atoms with E-state index in [0.29, 0.717) is 6.42 Å². The van der Waals surface area contributed by atoms with Crippen molar-refractivity contribution in [1.82, 2.24) is 15.2 Å². The van der Waals surface area contributed by atoms with Crippen molar-refractivity contribution in [3.05, 3.63) is 71.9 Å². The lowest BCUT2D eigenvalue weighted by molar-refractivity contribution is -0.140. The summed E-state index contributed by atoms with van der Waals surface area (Å²) >= 11 is 0. The smallest absolute Gasteiger partial charge is 0.247 e. The molecule has 1 atom stereocenters. The maximum atomic E-state index is 13.4. The van der Waals surface area contributed by atoms with Gasteiger partial charge in [0.1, 0.15) is 6.04 Å². The van der Waals surface area contributed by atoms with E-state index in [2.05, 4.69) is 16.2 Å². The van der Waals surface area contributed by atoms with Crippen molar-refractivity contribution in [3.8, 4) is 12.3 Å². The summed E-state index contributed by atoms with van der Waals surface area (Å²) in [6, 6.07) is 16.7. The van der Waals surface area contributed by atoms with E-state index in [1.54, 1.807) is 6.20 Å². The van der Waals surface area contributed by atoms with Crippen LogP contribution in [0.3, 0.4) is 0 Å². The molecule has 31 heavy (non-hydrogen) atoms. The zero-order valence-electron chi connectivity index (χ0n) is 18.3. The number of benzene rings is 2. The van der Waals surface area contributed by atoms with Gasteiger partial charge in [-0.3, -0.25) is 9.59 Å². The second-order valence-electron chi connectivity index (χ2n) is 8.64. The Morgan fingerprint density at radius 3 is 2.45 bits per heavy atom. The molecule has 2 N–H and O–H groups in total. The van der Waals surface area contributed by atoms with Gasteiger partial charge in [0.05, 0.1) is 6.54 Å². The Balaban J connectivity index is 1.96. The number of para-hydroxylation sites is 1. The van der Waals surface area contributed by atoms with Crippen LogP contribution in [0.5, 0.6) is 0 Å². The molecule has 0 bridgehead atoms. The number of hydrogen-bond acceptors (Lipinski definition) is 2. The maximum Gasteiger partial charge on any atom is 0.247 e. The van der Waals surface area contributed by atoms with E-state index in [1.807, 2.05) is 75.4 Å². The molecule has 0 aliphatic heterocycles. The number of fused-ring (bicyclic) bond motifs is 1. The molecule has 2 aromatic carbocycles. The number of carbonyl (C=O) groups is 2. The molecule has 1 aromatic heterocycles. The van der Waals surface area contributed by atoms with Crippen LogP contribution in [0.15, 0.2) is 60.8 Å². The number of hydrogen-bond donors (Lipinski definition) is 2. The lowest BCUT2D eigenvalue weighted by atomic mass is 10.00. The summed E-state index contributed by atoms with van der Waals surface area (Å²) in [5.41, 5.74) is 2.26. The van der Waals surface area contributed by atoms with Crippen molar-refractivity contribution in [3.63, 3.8) is 0 Å². The summed E-state index contributed by atoms with van der Waals surface area (Å²) in [6.45, 7) is 5.80. The van der Waals surface area contributed by atoms with E-state index < -0.39 is 11.6 Å². The van der Waals surface area contributed by atoms with Crippen molar-refractivity contribution in [2.24, 2.45) is 0 Å². The molecular weight excluding hydrogens is 386 g/mol. The van der Waals surface area contributed by atoms with Gasteiger partial charge in [0.25, 0.3) is 0 Å². The topological polar surface area (TPSA) is 65.2 Å². The highest BCUT2D eigenvalue weighted by atomic mass is 16.2. The van der Waals surface area contributed by atoms with Crippen molar-refractivity contribution >= 4 is 22.7 Å². The fourth-order valence-electron chi connectivity index (χ4n) is 3.67. The van der Waals surface area contributed by atoms with Gasteiger partial charge in [0.15, 0.2) is 0 Å². The van der Waals surface area contributed by atoms with Crippen molar-refractivity contribution < 1.29 is 9.59 Å². The summed E-state index contributed by atoms with van der Waals surface area (Å²) in [6.07, 6.45) is 8.28. The van der Waals surface area contributed by atoms with Gasteiger partial charge in [0, 0.05) is 34.6 Å². The lowest BCUT2D eigenvalue weighted by Gasteiger charge is -2.32. The van der Waals surface area contributed by atoms with Crippen LogP contribution in [-0.2, 0) is 16.0 Å². The van der Waals surface area contributed by atoms with E-state index in [9.17, 15) is 9.59 Å². The van der Waals surface area contributed by atoms with E-state index >= 15 is 0 Å². The molecule has 5 nitrogen and oxygen atoms in total. The van der Waals surface area contributed by atoms with Gasteiger partial charge in [-0.25, -0.2) is 0 Å². The minimum Gasteiger partial charge on any atom is -0.361 e. The predicted molar refractivity (Wildman–Crippen MR) is 124 cm³/mol. The number of aromatic nitrogens is 1. The highest BCUT2D eigenvalue weighted by molar-refractivity contribution is 5.94. The van der Waals surface area contributed by atoms with Gasteiger partial charge in [0.2, 0.25) is 11.8 Å². The Kier molecular flexibility index (Phi) is 6.81. The van der Waals surface area contributed by atoms with Crippen molar-refractivity contribution in [1.29, 1.82) is 0 Å². The number of aromatic amines is 1. The Labute approximate surface area is 183 Å². The second-order valence-corrected chi connectivity index (χ2v) is 8.64. The van der Waals surface area contributed by atoms with Crippen molar-refractivity contribution in [2.45, 2.75) is 45.2 Å². The fraction of sp³-hybridized carbons (Fsp3) is 0.308. The summed E-state index contributed by atoms with van der Waals surface area (Å²) in [5, 5.41) is 3.92. The molecule has 160 valence electrons. The van der Waals surface area contributed by atoms with Crippen LogP contribution in [-0.4, -0.2) is 33.8 Å². The largest absolute Gasteiger partial charge is 0.361 e. The third-order valence-electron chi connectivity index (χ3n) is 5.03. The Bertz CT molecular complexity index is 1090. The fourth-order valence-corrected chi connectivity index (χ4v) is 3.67. The van der Waals surface area contributed by atoms with Gasteiger partial charge in [-0.05, 0) is 38.8 Å². The van der Waals surface area contributed by atoms with Crippen LogP contribution in [0, 0.1) is 12.3 Å². The Hall–Kier alpha value is -3.52. The first-order valence-electron chi connectivity index (χ1n) is 10.4. The van der Waals surface area contributed by atoms with Gasteiger partial charge in [-0.15, -0.1) is 6.42 Å².